The van der Waals surface area contributed by atoms with E-state index in [1.807, 2.05) is 6.92 Å². The Morgan fingerprint density at radius 1 is 1.16 bits per heavy atom. The van der Waals surface area contributed by atoms with Crippen LogP contribution >= 0.6 is 11.8 Å². The van der Waals surface area contributed by atoms with Gasteiger partial charge in [-0.2, -0.15) is 0 Å². The van der Waals surface area contributed by atoms with Gasteiger partial charge in [-0.25, -0.2) is 0 Å². The predicted octanol–water partition coefficient (Wildman–Crippen LogP) is 5.64. The van der Waals surface area contributed by atoms with Crippen LogP contribution in [-0.2, 0) is 9.53 Å². The first kappa shape index (κ1) is 19.8. The molecule has 136 valence electrons. The Morgan fingerprint density at radius 3 is 2.44 bits per heavy atom. The van der Waals surface area contributed by atoms with Crippen molar-refractivity contribution in [3.63, 3.8) is 0 Å². The van der Waals surface area contributed by atoms with Crippen molar-refractivity contribution in [2.24, 2.45) is 10.8 Å². The van der Waals surface area contributed by atoms with Crippen molar-refractivity contribution < 1.29 is 9.53 Å². The molecule has 0 bridgehead atoms. The average Bonchev–Trinajstić information content (AvgIpc) is 2.62. The normalized spacial score (nSPS) is 21.1. The number of esters is 1. The molecule has 0 saturated heterocycles. The van der Waals surface area contributed by atoms with Gasteiger partial charge in [0.05, 0.1) is 6.61 Å². The van der Waals surface area contributed by atoms with Gasteiger partial charge in [-0.15, -0.1) is 11.8 Å². The third kappa shape index (κ3) is 5.78. The zero-order valence-corrected chi connectivity index (χ0v) is 16.4. The molecule has 0 fully saturated rings. The van der Waals surface area contributed by atoms with Gasteiger partial charge in [0.1, 0.15) is 5.25 Å². The third-order valence-corrected chi connectivity index (χ3v) is 5.70. The van der Waals surface area contributed by atoms with Crippen molar-refractivity contribution in [3.8, 4) is 0 Å². The number of carbonyl (C=O) groups is 1. The highest BCUT2D eigenvalue weighted by atomic mass is 32.2. The molecule has 2 nitrogen and oxygen atoms in total. The van der Waals surface area contributed by atoms with Crippen LogP contribution in [0.1, 0.15) is 40.0 Å². The number of hydrogen-bond donors (Lipinski definition) is 0. The standard InChI is InChI=1S/C22H30O2S/c1-4-24-20(23)19(25-5-2)11-7-10-12-21(3)15-17-22(18-16-21)13-8-6-9-14-22/h8-10,12-19H,4-7,11H2,1-3H3/b12-10-. The van der Waals surface area contributed by atoms with Gasteiger partial charge in [-0.05, 0) is 38.9 Å². The van der Waals surface area contributed by atoms with Crippen LogP contribution in [0.4, 0.5) is 0 Å². The van der Waals surface area contributed by atoms with Crippen molar-refractivity contribution in [2.45, 2.75) is 45.3 Å². The number of hydrogen-bond acceptors (Lipinski definition) is 3. The summed E-state index contributed by atoms with van der Waals surface area (Å²) in [5.41, 5.74) is -0.0833. The van der Waals surface area contributed by atoms with Crippen molar-refractivity contribution in [1.29, 1.82) is 0 Å². The van der Waals surface area contributed by atoms with Crippen LogP contribution in [0, 0.1) is 10.8 Å². The average molecular weight is 359 g/mol. The second-order valence-electron chi connectivity index (χ2n) is 6.75. The molecule has 0 heterocycles. The first-order valence-electron chi connectivity index (χ1n) is 9.24. The van der Waals surface area contributed by atoms with E-state index in [2.05, 4.69) is 74.6 Å². The van der Waals surface area contributed by atoms with E-state index in [1.165, 1.54) is 0 Å². The van der Waals surface area contributed by atoms with Gasteiger partial charge in [0.2, 0.25) is 0 Å². The number of carbonyl (C=O) groups excluding carboxylic acids is 1. The van der Waals surface area contributed by atoms with Gasteiger partial charge in [-0.3, -0.25) is 4.79 Å². The van der Waals surface area contributed by atoms with E-state index >= 15 is 0 Å². The molecule has 0 aliphatic heterocycles. The van der Waals surface area contributed by atoms with Gasteiger partial charge in [0.25, 0.3) is 0 Å². The zero-order chi connectivity index (χ0) is 18.2. The molecule has 0 radical (unpaired) electrons. The molecular weight excluding hydrogens is 328 g/mol. The summed E-state index contributed by atoms with van der Waals surface area (Å²) >= 11 is 1.67. The monoisotopic (exact) mass is 358 g/mol. The molecular formula is C22H30O2S. The summed E-state index contributed by atoms with van der Waals surface area (Å²) in [7, 11) is 0. The maximum atomic E-state index is 12.0. The highest BCUT2D eigenvalue weighted by Gasteiger charge is 2.26. The molecule has 0 N–H and O–H groups in total. The summed E-state index contributed by atoms with van der Waals surface area (Å²) in [6.45, 7) is 6.60. The third-order valence-electron chi connectivity index (χ3n) is 4.54. The summed E-state index contributed by atoms with van der Waals surface area (Å²) in [6.07, 6.45) is 25.2. The summed E-state index contributed by atoms with van der Waals surface area (Å²) in [6, 6.07) is 0. The Bertz CT molecular complexity index is 567. The second-order valence-corrected chi connectivity index (χ2v) is 8.23. The summed E-state index contributed by atoms with van der Waals surface area (Å²) in [5, 5.41) is -0.0550. The van der Waals surface area contributed by atoms with Crippen LogP contribution < -0.4 is 0 Å². The molecule has 2 aliphatic rings. The molecule has 2 rings (SSSR count). The highest BCUT2D eigenvalue weighted by Crippen LogP contribution is 2.38. The smallest absolute Gasteiger partial charge is 0.319 e. The molecule has 2 aliphatic carbocycles. The lowest BCUT2D eigenvalue weighted by Gasteiger charge is -2.30. The predicted molar refractivity (Wildman–Crippen MR) is 109 cm³/mol. The summed E-state index contributed by atoms with van der Waals surface area (Å²) in [5.74, 6) is 0.851. The highest BCUT2D eigenvalue weighted by molar-refractivity contribution is 8.00. The fraction of sp³-hybridized carbons (Fsp3) is 0.500. The van der Waals surface area contributed by atoms with E-state index in [1.54, 1.807) is 11.8 Å². The van der Waals surface area contributed by atoms with E-state index in [9.17, 15) is 4.79 Å². The number of allylic oxidation sites excluding steroid dienone is 10. The van der Waals surface area contributed by atoms with E-state index in [-0.39, 0.29) is 22.0 Å². The Hall–Kier alpha value is -1.48. The Balaban J connectivity index is 1.89. The quantitative estimate of drug-likeness (QED) is 0.415. The molecule has 0 amide bonds. The van der Waals surface area contributed by atoms with E-state index < -0.39 is 0 Å². The zero-order valence-electron chi connectivity index (χ0n) is 15.6. The number of ether oxygens (including phenoxy) is 1. The van der Waals surface area contributed by atoms with Crippen molar-refractivity contribution in [1.82, 2.24) is 0 Å². The largest absolute Gasteiger partial charge is 0.465 e. The number of rotatable bonds is 8. The first-order chi connectivity index (χ1) is 12.0. The minimum Gasteiger partial charge on any atom is -0.465 e. The number of thioether (sulfide) groups is 1. The summed E-state index contributed by atoms with van der Waals surface area (Å²) < 4.78 is 5.17. The molecule has 0 aromatic heterocycles. The molecule has 1 atom stereocenters. The van der Waals surface area contributed by atoms with E-state index in [0.29, 0.717) is 6.61 Å². The Labute approximate surface area is 156 Å². The fourth-order valence-electron chi connectivity index (χ4n) is 3.06. The van der Waals surface area contributed by atoms with Crippen LogP contribution in [0.25, 0.3) is 0 Å². The molecule has 1 unspecified atom stereocenters. The van der Waals surface area contributed by atoms with Crippen LogP contribution in [0.2, 0.25) is 0 Å². The van der Waals surface area contributed by atoms with Gasteiger partial charge < -0.3 is 4.74 Å². The molecule has 0 aromatic rings. The Kier molecular flexibility index (Phi) is 7.37. The van der Waals surface area contributed by atoms with Gasteiger partial charge >= 0.3 is 5.97 Å². The minimum atomic E-state index is -0.0794. The van der Waals surface area contributed by atoms with Gasteiger partial charge in [0.15, 0.2) is 0 Å². The van der Waals surface area contributed by atoms with Crippen LogP contribution in [-0.4, -0.2) is 23.6 Å². The minimum absolute atomic E-state index is 0.0294. The second kappa shape index (κ2) is 9.28. The van der Waals surface area contributed by atoms with Crippen LogP contribution in [0.15, 0.2) is 60.8 Å². The molecule has 0 saturated carbocycles. The Morgan fingerprint density at radius 2 is 1.84 bits per heavy atom. The van der Waals surface area contributed by atoms with Crippen molar-refractivity contribution in [3.05, 3.63) is 60.8 Å². The molecule has 1 spiro atoms. The van der Waals surface area contributed by atoms with E-state index in [0.717, 1.165) is 25.0 Å². The van der Waals surface area contributed by atoms with E-state index in [4.69, 9.17) is 4.74 Å². The lowest BCUT2D eigenvalue weighted by Crippen LogP contribution is -2.20. The van der Waals surface area contributed by atoms with Crippen LogP contribution in [0.5, 0.6) is 0 Å². The van der Waals surface area contributed by atoms with Crippen molar-refractivity contribution >= 4 is 17.7 Å². The molecule has 0 aromatic carbocycles. The fourth-order valence-corrected chi connectivity index (χ4v) is 3.97. The SMILES string of the molecule is CCOC(=O)C(CC/C=C\C1(C)C=CC2(C=CCC=C2)C=C1)SCC. The summed E-state index contributed by atoms with van der Waals surface area (Å²) in [4.78, 5) is 12.0. The molecule has 3 heteroatoms. The lowest BCUT2D eigenvalue weighted by atomic mass is 9.74. The van der Waals surface area contributed by atoms with Gasteiger partial charge in [-0.1, -0.05) is 67.7 Å². The van der Waals surface area contributed by atoms with Crippen molar-refractivity contribution in [2.75, 3.05) is 12.4 Å². The maximum absolute atomic E-state index is 12.0. The molecule has 25 heavy (non-hydrogen) atoms. The topological polar surface area (TPSA) is 26.3 Å². The van der Waals surface area contributed by atoms with Gasteiger partial charge in [0, 0.05) is 10.8 Å². The van der Waals surface area contributed by atoms with Crippen LogP contribution in [0.3, 0.4) is 0 Å². The lowest BCUT2D eigenvalue weighted by molar-refractivity contribution is -0.142. The first-order valence-corrected chi connectivity index (χ1v) is 10.3. The maximum Gasteiger partial charge on any atom is 0.319 e.